The number of hydrogen-bond acceptors (Lipinski definition) is 10. The molecule has 1 heterocycles. The van der Waals surface area contributed by atoms with Crippen LogP contribution < -0.4 is 4.74 Å². The van der Waals surface area contributed by atoms with Crippen LogP contribution >= 0.6 is 0 Å². The summed E-state index contributed by atoms with van der Waals surface area (Å²) in [4.78, 5) is 48.1. The molecule has 0 radical (unpaired) electrons. The summed E-state index contributed by atoms with van der Waals surface area (Å²) in [6.07, 6.45) is -3.69. The van der Waals surface area contributed by atoms with Crippen molar-refractivity contribution in [1.82, 2.24) is 0 Å². The molecule has 0 amide bonds. The molecule has 0 N–H and O–H groups in total. The minimum atomic E-state index is -1.43. The van der Waals surface area contributed by atoms with Crippen LogP contribution in [0.4, 0.5) is 0 Å². The molecule has 10 nitrogen and oxygen atoms in total. The van der Waals surface area contributed by atoms with Crippen molar-refractivity contribution in [3.63, 3.8) is 0 Å². The van der Waals surface area contributed by atoms with Gasteiger partial charge in [-0.2, -0.15) is 0 Å². The molecule has 1 fully saturated rings. The highest BCUT2D eigenvalue weighted by atomic mass is 16.7. The van der Waals surface area contributed by atoms with Gasteiger partial charge in [0.25, 0.3) is 0 Å². The third-order valence-electron chi connectivity index (χ3n) is 6.47. The van der Waals surface area contributed by atoms with E-state index in [0.717, 1.165) is 42.2 Å². The highest BCUT2D eigenvalue weighted by Crippen LogP contribution is 2.38. The van der Waals surface area contributed by atoms with Gasteiger partial charge in [-0.3, -0.25) is 19.2 Å². The van der Waals surface area contributed by atoms with Crippen molar-refractivity contribution in [2.45, 2.75) is 91.5 Å². The monoisotopic (exact) mass is 570 g/mol. The van der Waals surface area contributed by atoms with Crippen molar-refractivity contribution < 1.29 is 47.6 Å². The lowest BCUT2D eigenvalue weighted by Crippen LogP contribution is -2.59. The van der Waals surface area contributed by atoms with Crippen LogP contribution in [0.2, 0.25) is 0 Å². The van der Waals surface area contributed by atoms with E-state index in [4.69, 9.17) is 28.4 Å². The molecule has 3 rings (SSSR count). The number of ether oxygens (including phenoxy) is 6. The largest absolute Gasteiger partial charge is 0.494 e. The van der Waals surface area contributed by atoms with Gasteiger partial charge >= 0.3 is 23.9 Å². The maximum Gasteiger partial charge on any atom is 0.305 e. The molecule has 1 saturated heterocycles. The van der Waals surface area contributed by atoms with E-state index in [9.17, 15) is 19.2 Å². The third-order valence-corrected chi connectivity index (χ3v) is 6.47. The van der Waals surface area contributed by atoms with E-state index in [0.29, 0.717) is 18.6 Å². The van der Waals surface area contributed by atoms with Gasteiger partial charge in [0.2, 0.25) is 12.4 Å². The van der Waals surface area contributed by atoms with Crippen LogP contribution in [-0.4, -0.2) is 55.1 Å². The number of benzene rings is 2. The number of rotatable bonds is 11. The Bertz CT molecular complexity index is 1220. The number of esters is 4. The summed E-state index contributed by atoms with van der Waals surface area (Å²) >= 11 is 0. The Morgan fingerprint density at radius 2 is 1.34 bits per heavy atom. The minimum Gasteiger partial charge on any atom is -0.494 e. The number of aryl methyl sites for hydroxylation is 1. The maximum atomic E-state index is 12.2. The fraction of sp³-hybridized carbons (Fsp3) is 0.484. The Balaban J connectivity index is 1.98. The zero-order valence-corrected chi connectivity index (χ0v) is 24.3. The van der Waals surface area contributed by atoms with Crippen molar-refractivity contribution in [2.24, 2.45) is 0 Å². The normalized spacial score (nSPS) is 21.9. The van der Waals surface area contributed by atoms with Crippen LogP contribution in [0.25, 0.3) is 0 Å². The first kappa shape index (κ1) is 31.6. The summed E-state index contributed by atoms with van der Waals surface area (Å²) in [6.45, 7) is 9.46. The number of hydrogen-bond donors (Lipinski definition) is 0. The van der Waals surface area contributed by atoms with Crippen LogP contribution in [0.1, 0.15) is 75.8 Å². The van der Waals surface area contributed by atoms with E-state index < -0.39 is 54.6 Å². The van der Waals surface area contributed by atoms with Crippen molar-refractivity contribution in [3.05, 3.63) is 64.7 Å². The Morgan fingerprint density at radius 1 is 0.756 bits per heavy atom. The molecule has 0 aliphatic carbocycles. The molecule has 0 spiro atoms. The summed E-state index contributed by atoms with van der Waals surface area (Å²) in [5, 5.41) is 0. The highest BCUT2D eigenvalue weighted by molar-refractivity contribution is 5.69. The maximum absolute atomic E-state index is 12.2. The van der Waals surface area contributed by atoms with E-state index in [2.05, 4.69) is 6.92 Å². The van der Waals surface area contributed by atoms with Crippen LogP contribution in [0.5, 0.6) is 5.75 Å². The first-order valence-corrected chi connectivity index (χ1v) is 13.6. The average molecular weight is 571 g/mol. The molecule has 10 heteroatoms. The van der Waals surface area contributed by atoms with Crippen LogP contribution in [0, 0.1) is 6.92 Å². The van der Waals surface area contributed by atoms with Crippen LogP contribution in [-0.2, 0) is 49.3 Å². The van der Waals surface area contributed by atoms with Crippen molar-refractivity contribution in [3.8, 4) is 5.75 Å². The lowest BCUT2D eigenvalue weighted by Gasteiger charge is -2.44. The van der Waals surface area contributed by atoms with Gasteiger partial charge in [-0.05, 0) is 54.2 Å². The second kappa shape index (κ2) is 14.6. The fourth-order valence-electron chi connectivity index (χ4n) is 4.62. The summed E-state index contributed by atoms with van der Waals surface area (Å²) in [6, 6.07) is 13.5. The third kappa shape index (κ3) is 9.04. The van der Waals surface area contributed by atoms with Gasteiger partial charge < -0.3 is 28.4 Å². The second-order valence-electron chi connectivity index (χ2n) is 9.97. The Kier molecular flexibility index (Phi) is 11.3. The Hall–Kier alpha value is -3.92. The van der Waals surface area contributed by atoms with Crippen molar-refractivity contribution in [2.75, 3.05) is 6.61 Å². The van der Waals surface area contributed by atoms with Gasteiger partial charge in [0.1, 0.15) is 11.9 Å². The predicted octanol–water partition coefficient (Wildman–Crippen LogP) is 4.52. The summed E-state index contributed by atoms with van der Waals surface area (Å²) in [7, 11) is 0. The topological polar surface area (TPSA) is 124 Å². The smallest absolute Gasteiger partial charge is 0.305 e. The average Bonchev–Trinajstić information content (AvgIpc) is 2.89. The Labute approximate surface area is 240 Å². The first-order valence-electron chi connectivity index (χ1n) is 13.6. The number of carbonyl (C=O) groups excluding carboxylic acids is 4. The summed E-state index contributed by atoms with van der Waals surface area (Å²) in [5.41, 5.74) is 3.64. The Morgan fingerprint density at radius 3 is 1.93 bits per heavy atom. The van der Waals surface area contributed by atoms with Crippen molar-refractivity contribution in [1.29, 1.82) is 0 Å². The molecule has 1 aliphatic rings. The van der Waals surface area contributed by atoms with E-state index in [1.165, 1.54) is 20.8 Å². The van der Waals surface area contributed by atoms with Gasteiger partial charge in [-0.25, -0.2) is 0 Å². The standard InChI is InChI=1S/C31H38O10/c1-7-8-15-36-26-13-10-23(11-14-26)16-25-17-24(12-9-18(25)2)27-28(37-19(3)32)29(38-20(4)33)30(39-21(5)34)31(41-27)40-22(6)35/h9-14,17,27-31H,7-8,15-16H2,1-6H3/t27-,28-,29+,30-,31-/m0/s1. The zero-order valence-electron chi connectivity index (χ0n) is 24.3. The molecular weight excluding hydrogens is 532 g/mol. The zero-order chi connectivity index (χ0) is 30.1. The summed E-state index contributed by atoms with van der Waals surface area (Å²) < 4.78 is 33.7. The predicted molar refractivity (Wildman–Crippen MR) is 147 cm³/mol. The van der Waals surface area contributed by atoms with Gasteiger partial charge in [0, 0.05) is 27.7 Å². The van der Waals surface area contributed by atoms with E-state index in [1.807, 2.05) is 43.3 Å². The van der Waals surface area contributed by atoms with Gasteiger partial charge in [-0.15, -0.1) is 0 Å². The highest BCUT2D eigenvalue weighted by Gasteiger charge is 2.53. The van der Waals surface area contributed by atoms with Gasteiger partial charge in [-0.1, -0.05) is 43.7 Å². The summed E-state index contributed by atoms with van der Waals surface area (Å²) in [5.74, 6) is -2.00. The van der Waals surface area contributed by atoms with Crippen molar-refractivity contribution >= 4 is 23.9 Å². The molecule has 0 saturated carbocycles. The molecule has 2 aromatic carbocycles. The van der Waals surface area contributed by atoms with Gasteiger partial charge in [0.05, 0.1) is 6.61 Å². The molecular formula is C31H38O10. The SMILES string of the molecule is CCCCOc1ccc(Cc2cc([C@@H]3O[C@H](OC(C)=O)[C@@H](OC(C)=O)[C@H](OC(C)=O)[C@H]3OC(C)=O)ccc2C)cc1. The molecule has 0 aromatic heterocycles. The molecule has 2 aromatic rings. The van der Waals surface area contributed by atoms with Crippen LogP contribution in [0.3, 0.4) is 0 Å². The lowest BCUT2D eigenvalue weighted by atomic mass is 9.90. The molecule has 0 bridgehead atoms. The minimum absolute atomic E-state index is 0.590. The number of carbonyl (C=O) groups is 4. The first-order chi connectivity index (χ1) is 19.5. The molecule has 0 unspecified atom stereocenters. The fourth-order valence-corrected chi connectivity index (χ4v) is 4.62. The molecule has 222 valence electrons. The van der Waals surface area contributed by atoms with Gasteiger partial charge in [0.15, 0.2) is 12.2 Å². The quantitative estimate of drug-likeness (QED) is 0.216. The van der Waals surface area contributed by atoms with E-state index in [-0.39, 0.29) is 0 Å². The molecule has 1 aliphatic heterocycles. The molecule has 5 atom stereocenters. The van der Waals surface area contributed by atoms with E-state index >= 15 is 0 Å². The number of unbranched alkanes of at least 4 members (excludes halogenated alkanes) is 1. The lowest BCUT2D eigenvalue weighted by molar-refractivity contribution is -0.298. The second-order valence-corrected chi connectivity index (χ2v) is 9.97. The van der Waals surface area contributed by atoms with E-state index in [1.54, 1.807) is 6.07 Å². The molecule has 41 heavy (non-hydrogen) atoms. The van der Waals surface area contributed by atoms with Crippen LogP contribution in [0.15, 0.2) is 42.5 Å².